The van der Waals surface area contributed by atoms with Crippen molar-refractivity contribution in [2.24, 2.45) is 22.9 Å². The Kier molecular flexibility index (Phi) is 15.7. The van der Waals surface area contributed by atoms with E-state index in [0.717, 1.165) is 96.4 Å². The molecule has 70 heavy (non-hydrogen) atoms. The van der Waals surface area contributed by atoms with Gasteiger partial charge in [-0.2, -0.15) is 0 Å². The number of aryl methyl sites for hydroxylation is 2. The van der Waals surface area contributed by atoms with Gasteiger partial charge >= 0.3 is 0 Å². The van der Waals surface area contributed by atoms with E-state index in [1.54, 1.807) is 12.1 Å². The van der Waals surface area contributed by atoms with Crippen molar-refractivity contribution in [3.63, 3.8) is 0 Å². The Bertz CT molecular complexity index is 3170. The number of hydrogen-bond donors (Lipinski definition) is 6. The summed E-state index contributed by atoms with van der Waals surface area (Å²) in [4.78, 5) is 5.24. The summed E-state index contributed by atoms with van der Waals surface area (Å²) in [5.74, 6) is 0. The fourth-order valence-corrected chi connectivity index (χ4v) is 12.0. The normalized spacial score (nSPS) is 12.5. The SMILES string of the molecule is NCCCc1cccc(-c2ccc3c(c2)-c2cc(-c4cccc(CCCN)c4)ccc2S3(=O)=O)c1.NCCNCc1cccc(-c2ccc3sc4ccc(-c5cncc(CNCCN)c5)cc4c3c2)c1. The molecule has 0 unspecified atom stereocenters. The Hall–Kier alpha value is -6.38. The van der Waals surface area contributed by atoms with Gasteiger partial charge in [-0.25, -0.2) is 8.42 Å². The van der Waals surface area contributed by atoms with Crippen LogP contribution >= 0.6 is 11.3 Å². The first-order valence-electron chi connectivity index (χ1n) is 24.2. The molecule has 7 aromatic carbocycles. The van der Waals surface area contributed by atoms with Crippen LogP contribution in [0, 0.1) is 0 Å². The molecule has 0 aliphatic carbocycles. The van der Waals surface area contributed by atoms with E-state index in [2.05, 4.69) is 131 Å². The average molecular weight is 964 g/mol. The summed E-state index contributed by atoms with van der Waals surface area (Å²) in [6.45, 7) is 5.82. The predicted octanol–water partition coefficient (Wildman–Crippen LogP) is 10.5. The highest BCUT2D eigenvalue weighted by Gasteiger charge is 2.33. The minimum Gasteiger partial charge on any atom is -0.330 e. The fraction of sp³-hybridized carbons (Fsp3) is 0.203. The molecule has 10 N–H and O–H groups in total. The smallest absolute Gasteiger partial charge is 0.207 e. The van der Waals surface area contributed by atoms with Crippen LogP contribution in [0.25, 0.3) is 75.8 Å². The zero-order valence-electron chi connectivity index (χ0n) is 39.5. The van der Waals surface area contributed by atoms with Crippen LogP contribution in [0.15, 0.2) is 174 Å². The number of pyridine rings is 1. The zero-order chi connectivity index (χ0) is 48.5. The summed E-state index contributed by atoms with van der Waals surface area (Å²) in [6, 6.07) is 52.7. The van der Waals surface area contributed by atoms with Gasteiger partial charge in [0.2, 0.25) is 9.84 Å². The number of aromatic nitrogens is 1. The Balaban J connectivity index is 0.000000174. The lowest BCUT2D eigenvalue weighted by Gasteiger charge is -2.09. The van der Waals surface area contributed by atoms with E-state index >= 15 is 0 Å². The molecule has 356 valence electrons. The van der Waals surface area contributed by atoms with E-state index in [9.17, 15) is 8.42 Å². The highest BCUT2D eigenvalue weighted by molar-refractivity contribution is 7.92. The Labute approximate surface area is 415 Å². The quantitative estimate of drug-likeness (QED) is 0.0457. The van der Waals surface area contributed by atoms with Crippen LogP contribution in [-0.4, -0.2) is 52.7 Å². The summed E-state index contributed by atoms with van der Waals surface area (Å²) >= 11 is 1.84. The summed E-state index contributed by atoms with van der Waals surface area (Å²) in [5, 5.41) is 9.31. The van der Waals surface area contributed by atoms with Gasteiger partial charge in [0.15, 0.2) is 0 Å². The molecule has 0 spiro atoms. The number of nitrogens with two attached hydrogens (primary N) is 4. The maximum absolute atomic E-state index is 13.3. The van der Waals surface area contributed by atoms with Gasteiger partial charge in [0.05, 0.1) is 9.79 Å². The van der Waals surface area contributed by atoms with Crippen LogP contribution in [0.1, 0.15) is 35.1 Å². The monoisotopic (exact) mass is 963 g/mol. The van der Waals surface area contributed by atoms with E-state index < -0.39 is 9.84 Å². The van der Waals surface area contributed by atoms with Gasteiger partial charge in [-0.15, -0.1) is 11.3 Å². The second-order valence-corrected chi connectivity index (χ2v) is 20.8. The molecule has 0 atom stereocenters. The molecule has 0 radical (unpaired) electrons. The molecule has 2 aromatic heterocycles. The first-order valence-corrected chi connectivity index (χ1v) is 26.5. The molecule has 9 nitrogen and oxygen atoms in total. The lowest BCUT2D eigenvalue weighted by atomic mass is 9.94. The van der Waals surface area contributed by atoms with E-state index in [-0.39, 0.29) is 0 Å². The Morgan fingerprint density at radius 1 is 0.429 bits per heavy atom. The Morgan fingerprint density at radius 3 is 1.37 bits per heavy atom. The van der Waals surface area contributed by atoms with Gasteiger partial charge in [0.1, 0.15) is 0 Å². The molecule has 9 aromatic rings. The third-order valence-corrected chi connectivity index (χ3v) is 15.9. The zero-order valence-corrected chi connectivity index (χ0v) is 41.1. The van der Waals surface area contributed by atoms with Crippen LogP contribution in [0.3, 0.4) is 0 Å². The fourth-order valence-electron chi connectivity index (χ4n) is 9.26. The van der Waals surface area contributed by atoms with Gasteiger partial charge < -0.3 is 33.6 Å². The first kappa shape index (κ1) is 48.6. The standard InChI is InChI=1S/C30H30N2O2S.C29H31N5S/c31-15-3-7-21-5-1-9-23(17-21)25-11-13-29-27(19-25)28-20-26(12-14-30(28)35(29,33)34)24-10-2-6-22(18-24)8-4-16-32;30-8-10-32-16-20-2-1-3-22(12-20)23-4-6-28-26(14-23)27-15-24(5-7-29(27)35-28)25-13-21(18-34-19-25)17-33-11-9-31/h1-2,5-6,9-14,17-20H,3-4,7-8,15-16,31-32H2;1-7,12-15,18-19,32-33H,8-11,16-17,30-31H2. The first-order chi connectivity index (χ1) is 34.3. The lowest BCUT2D eigenvalue weighted by Crippen LogP contribution is -2.21. The van der Waals surface area contributed by atoms with Crippen LogP contribution in [0.2, 0.25) is 0 Å². The van der Waals surface area contributed by atoms with E-state index in [0.29, 0.717) is 36.0 Å². The minimum atomic E-state index is -3.53. The number of benzene rings is 7. The molecule has 0 amide bonds. The molecule has 0 bridgehead atoms. The van der Waals surface area contributed by atoms with Crippen molar-refractivity contribution in [1.29, 1.82) is 0 Å². The molecule has 10 rings (SSSR count). The average Bonchev–Trinajstić information content (AvgIpc) is 3.88. The molecular weight excluding hydrogens is 903 g/mol. The van der Waals surface area contributed by atoms with Gasteiger partial charge in [-0.05, 0) is 161 Å². The van der Waals surface area contributed by atoms with Gasteiger partial charge in [0, 0.05) is 88.5 Å². The highest BCUT2D eigenvalue weighted by Crippen LogP contribution is 2.46. The number of sulfone groups is 1. The number of nitrogens with zero attached hydrogens (tertiary/aromatic N) is 1. The van der Waals surface area contributed by atoms with Crippen molar-refractivity contribution in [2.45, 2.75) is 48.6 Å². The van der Waals surface area contributed by atoms with Crippen LogP contribution < -0.4 is 33.6 Å². The summed E-state index contributed by atoms with van der Waals surface area (Å²) in [5.41, 5.74) is 38.0. The summed E-state index contributed by atoms with van der Waals surface area (Å²) < 4.78 is 29.2. The van der Waals surface area contributed by atoms with Crippen LogP contribution in [0.5, 0.6) is 0 Å². The van der Waals surface area contributed by atoms with Crippen molar-refractivity contribution in [1.82, 2.24) is 15.6 Å². The van der Waals surface area contributed by atoms with Crippen molar-refractivity contribution in [3.05, 3.63) is 186 Å². The van der Waals surface area contributed by atoms with E-state index in [1.165, 1.54) is 53.6 Å². The number of nitrogens with one attached hydrogen (secondary N) is 2. The third kappa shape index (κ3) is 11.0. The third-order valence-electron chi connectivity index (χ3n) is 12.8. The number of rotatable bonds is 18. The van der Waals surface area contributed by atoms with Crippen LogP contribution in [-0.2, 0) is 35.8 Å². The molecule has 1 aliphatic heterocycles. The Morgan fingerprint density at radius 2 is 0.857 bits per heavy atom. The molecule has 3 heterocycles. The van der Waals surface area contributed by atoms with Gasteiger partial charge in [-0.1, -0.05) is 91.0 Å². The second-order valence-electron chi connectivity index (χ2n) is 17.8. The van der Waals surface area contributed by atoms with Crippen molar-refractivity contribution >= 4 is 41.3 Å². The molecule has 1 aliphatic rings. The topological polar surface area (TPSA) is 175 Å². The maximum atomic E-state index is 13.3. The molecular formula is C59H61N7O2S2. The second kappa shape index (κ2) is 22.6. The van der Waals surface area contributed by atoms with Crippen LogP contribution in [0.4, 0.5) is 0 Å². The maximum Gasteiger partial charge on any atom is 0.207 e. The molecule has 0 saturated heterocycles. The molecule has 11 heteroatoms. The summed E-state index contributed by atoms with van der Waals surface area (Å²) in [7, 11) is -3.53. The van der Waals surface area contributed by atoms with E-state index in [4.69, 9.17) is 22.9 Å². The number of thiophene rings is 1. The molecule has 0 fully saturated rings. The van der Waals surface area contributed by atoms with Gasteiger partial charge in [-0.3, -0.25) is 4.98 Å². The predicted molar refractivity (Wildman–Crippen MR) is 292 cm³/mol. The largest absolute Gasteiger partial charge is 0.330 e. The van der Waals surface area contributed by atoms with Gasteiger partial charge in [0.25, 0.3) is 0 Å². The lowest BCUT2D eigenvalue weighted by molar-refractivity contribution is 0.598. The summed E-state index contributed by atoms with van der Waals surface area (Å²) in [6.07, 6.45) is 7.60. The van der Waals surface area contributed by atoms with Crippen molar-refractivity contribution < 1.29 is 8.42 Å². The minimum absolute atomic E-state index is 0.379. The number of fused-ring (bicyclic) bond motifs is 6. The molecule has 0 saturated carbocycles. The highest BCUT2D eigenvalue weighted by atomic mass is 32.2. The van der Waals surface area contributed by atoms with Crippen molar-refractivity contribution in [2.75, 3.05) is 39.3 Å². The number of hydrogen-bond acceptors (Lipinski definition) is 10. The van der Waals surface area contributed by atoms with Crippen molar-refractivity contribution in [3.8, 4) is 55.6 Å². The van der Waals surface area contributed by atoms with E-state index in [1.807, 2.05) is 48.0 Å².